The van der Waals surface area contributed by atoms with Crippen LogP contribution >= 0.6 is 0 Å². The maximum atomic E-state index is 12.0. The second kappa shape index (κ2) is 12.2. The van der Waals surface area contributed by atoms with Crippen LogP contribution in [-0.2, 0) is 20.4 Å². The van der Waals surface area contributed by atoms with E-state index in [2.05, 4.69) is 6.92 Å². The van der Waals surface area contributed by atoms with Gasteiger partial charge < -0.3 is 15.1 Å². The molecule has 0 bridgehead atoms. The van der Waals surface area contributed by atoms with Crippen LogP contribution in [0, 0.1) is 0 Å². The van der Waals surface area contributed by atoms with Crippen molar-refractivity contribution >= 4 is 22.7 Å². The molecule has 25 heavy (non-hydrogen) atoms. The van der Waals surface area contributed by atoms with Gasteiger partial charge in [0, 0.05) is 41.7 Å². The first-order chi connectivity index (χ1) is 11.9. The van der Waals surface area contributed by atoms with Crippen LogP contribution in [0.3, 0.4) is 0 Å². The number of likely N-dealkylation sites (tertiary alicyclic amines) is 1. The maximum absolute atomic E-state index is 12.0. The smallest absolute Gasteiger partial charge is 0.303 e. The molecule has 0 radical (unpaired) electrons. The van der Waals surface area contributed by atoms with Gasteiger partial charge in [-0.3, -0.25) is 13.8 Å². The number of carbonyl (C=O) groups is 2. The molecule has 1 fully saturated rings. The van der Waals surface area contributed by atoms with Crippen molar-refractivity contribution in [2.75, 3.05) is 18.1 Å². The molecule has 0 aromatic heterocycles. The lowest BCUT2D eigenvalue weighted by atomic mass is 10.1. The lowest BCUT2D eigenvalue weighted by molar-refractivity contribution is -0.137. The number of hydrogen-bond acceptors (Lipinski definition) is 4. The topological polar surface area (TPSA) is 94.9 Å². The summed E-state index contributed by atoms with van der Waals surface area (Å²) in [6.07, 6.45) is 8.76. The van der Waals surface area contributed by atoms with Crippen molar-refractivity contribution < 1.29 is 24.0 Å². The van der Waals surface area contributed by atoms with E-state index in [1.807, 2.05) is 6.08 Å². The maximum Gasteiger partial charge on any atom is 0.303 e. The first kappa shape index (κ1) is 21.8. The van der Waals surface area contributed by atoms with Crippen LogP contribution in [-0.4, -0.2) is 61.4 Å². The number of amides is 1. The van der Waals surface area contributed by atoms with Crippen LogP contribution < -0.4 is 0 Å². The van der Waals surface area contributed by atoms with E-state index < -0.39 is 22.9 Å². The third-order valence-corrected chi connectivity index (χ3v) is 5.74. The fourth-order valence-electron chi connectivity index (χ4n) is 2.89. The number of aliphatic hydroxyl groups is 1. The van der Waals surface area contributed by atoms with Gasteiger partial charge in [0.2, 0.25) is 5.91 Å². The summed E-state index contributed by atoms with van der Waals surface area (Å²) in [6, 6.07) is -0.0376. The van der Waals surface area contributed by atoms with Crippen molar-refractivity contribution in [3.05, 3.63) is 12.2 Å². The van der Waals surface area contributed by atoms with Gasteiger partial charge in [-0.2, -0.15) is 0 Å². The summed E-state index contributed by atoms with van der Waals surface area (Å²) in [4.78, 5) is 24.2. The number of aliphatic carboxylic acids is 1. The molecule has 1 heterocycles. The third kappa shape index (κ3) is 9.16. The Morgan fingerprint density at radius 3 is 2.80 bits per heavy atom. The van der Waals surface area contributed by atoms with E-state index in [4.69, 9.17) is 5.11 Å². The van der Waals surface area contributed by atoms with Crippen LogP contribution in [0.25, 0.3) is 0 Å². The molecule has 2 N–H and O–H groups in total. The zero-order valence-corrected chi connectivity index (χ0v) is 15.9. The average Bonchev–Trinajstić information content (AvgIpc) is 2.91. The van der Waals surface area contributed by atoms with Gasteiger partial charge in [0.25, 0.3) is 0 Å². The molecule has 0 aromatic rings. The quantitative estimate of drug-likeness (QED) is 0.381. The van der Waals surface area contributed by atoms with E-state index in [9.17, 15) is 18.9 Å². The van der Waals surface area contributed by atoms with Gasteiger partial charge >= 0.3 is 5.97 Å². The molecular formula is C18H31NO5S. The average molecular weight is 374 g/mol. The normalized spacial score (nSPS) is 20.3. The van der Waals surface area contributed by atoms with Gasteiger partial charge in [-0.25, -0.2) is 0 Å². The van der Waals surface area contributed by atoms with E-state index in [1.54, 1.807) is 11.0 Å². The Balaban J connectivity index is 2.38. The Labute approximate surface area is 152 Å². The van der Waals surface area contributed by atoms with Crippen LogP contribution in [0.1, 0.15) is 58.3 Å². The van der Waals surface area contributed by atoms with Gasteiger partial charge in [-0.1, -0.05) is 38.3 Å². The molecule has 1 unspecified atom stereocenters. The Morgan fingerprint density at radius 1 is 1.36 bits per heavy atom. The molecule has 7 heteroatoms. The van der Waals surface area contributed by atoms with E-state index >= 15 is 0 Å². The van der Waals surface area contributed by atoms with E-state index in [1.165, 1.54) is 0 Å². The molecule has 1 rings (SSSR count). The van der Waals surface area contributed by atoms with Crippen molar-refractivity contribution in [1.29, 1.82) is 0 Å². The molecule has 1 amide bonds. The number of unbranched alkanes of at least 4 members (excludes halogenated alkanes) is 2. The minimum absolute atomic E-state index is 0.0235. The second-order valence-corrected chi connectivity index (χ2v) is 8.18. The highest BCUT2D eigenvalue weighted by Crippen LogP contribution is 2.20. The van der Waals surface area contributed by atoms with Gasteiger partial charge in [-0.15, -0.1) is 0 Å². The summed E-state index contributed by atoms with van der Waals surface area (Å²) in [5, 5.41) is 18.6. The van der Waals surface area contributed by atoms with Gasteiger partial charge in [-0.05, 0) is 19.3 Å². The first-order valence-electron chi connectivity index (χ1n) is 9.16. The van der Waals surface area contributed by atoms with Gasteiger partial charge in [0.15, 0.2) is 0 Å². The van der Waals surface area contributed by atoms with Crippen LogP contribution in [0.5, 0.6) is 0 Å². The minimum atomic E-state index is -1.11. The SMILES string of the molecule is CCCCC[C@H](O)/C=C/[C@H]1CCC(=O)N1CCS(=O)CCCC(=O)O. The third-order valence-electron chi connectivity index (χ3n) is 4.36. The van der Waals surface area contributed by atoms with Gasteiger partial charge in [0.1, 0.15) is 0 Å². The summed E-state index contributed by atoms with van der Waals surface area (Å²) in [5.41, 5.74) is 0. The molecule has 6 nitrogen and oxygen atoms in total. The summed E-state index contributed by atoms with van der Waals surface area (Å²) >= 11 is 0. The highest BCUT2D eigenvalue weighted by atomic mass is 32.2. The summed E-state index contributed by atoms with van der Waals surface area (Å²) < 4.78 is 11.9. The molecule has 0 saturated carbocycles. The minimum Gasteiger partial charge on any atom is -0.481 e. The van der Waals surface area contributed by atoms with Crippen LogP contribution in [0.15, 0.2) is 12.2 Å². The highest BCUT2D eigenvalue weighted by molar-refractivity contribution is 7.84. The number of rotatable bonds is 13. The fourth-order valence-corrected chi connectivity index (χ4v) is 3.96. The van der Waals surface area contributed by atoms with E-state index in [-0.39, 0.29) is 18.4 Å². The monoisotopic (exact) mass is 373 g/mol. The fraction of sp³-hybridized carbons (Fsp3) is 0.778. The predicted octanol–water partition coefficient (Wildman–Crippen LogP) is 2.09. The first-order valence-corrected chi connectivity index (χ1v) is 10.7. The zero-order chi connectivity index (χ0) is 18.7. The Morgan fingerprint density at radius 2 is 2.12 bits per heavy atom. The second-order valence-electron chi connectivity index (χ2n) is 6.49. The van der Waals surface area contributed by atoms with Gasteiger partial charge in [0.05, 0.1) is 12.1 Å². The predicted molar refractivity (Wildman–Crippen MR) is 98.8 cm³/mol. The largest absolute Gasteiger partial charge is 0.481 e. The number of carbonyl (C=O) groups excluding carboxylic acids is 1. The van der Waals surface area contributed by atoms with Crippen molar-refractivity contribution in [3.8, 4) is 0 Å². The standard InChI is InChI=1S/C18H31NO5S/c1-2-3-4-6-16(20)10-8-15-9-11-17(21)19(15)12-14-25(24)13-5-7-18(22)23/h8,10,15-16,20H,2-7,9,11-14H2,1H3,(H,22,23)/b10-8+/t15-,16-,25?/m0/s1. The Hall–Kier alpha value is -1.21. The molecule has 1 saturated heterocycles. The Kier molecular flexibility index (Phi) is 10.6. The molecule has 0 aromatic carbocycles. The van der Waals surface area contributed by atoms with Crippen LogP contribution in [0.4, 0.5) is 0 Å². The van der Waals surface area contributed by atoms with E-state index in [0.717, 1.165) is 32.1 Å². The summed E-state index contributed by atoms with van der Waals surface area (Å²) in [6.45, 7) is 2.54. The highest BCUT2D eigenvalue weighted by Gasteiger charge is 2.29. The number of hydrogen-bond donors (Lipinski definition) is 2. The molecule has 3 atom stereocenters. The Bertz CT molecular complexity index is 480. The zero-order valence-electron chi connectivity index (χ0n) is 15.1. The molecule has 1 aliphatic rings. The molecule has 1 aliphatic heterocycles. The summed E-state index contributed by atoms with van der Waals surface area (Å²) in [5.74, 6) is -0.105. The number of aliphatic hydroxyl groups excluding tert-OH is 1. The molecule has 144 valence electrons. The van der Waals surface area contributed by atoms with Crippen molar-refractivity contribution in [1.82, 2.24) is 4.90 Å². The molecular weight excluding hydrogens is 342 g/mol. The lowest BCUT2D eigenvalue weighted by Crippen LogP contribution is -2.35. The van der Waals surface area contributed by atoms with Crippen molar-refractivity contribution in [2.45, 2.75) is 70.4 Å². The molecule has 0 spiro atoms. The lowest BCUT2D eigenvalue weighted by Gasteiger charge is -2.22. The number of carboxylic acids is 1. The summed E-state index contributed by atoms with van der Waals surface area (Å²) in [7, 11) is -1.11. The van der Waals surface area contributed by atoms with Crippen LogP contribution in [0.2, 0.25) is 0 Å². The van der Waals surface area contributed by atoms with E-state index in [0.29, 0.717) is 30.9 Å². The number of nitrogens with zero attached hydrogens (tertiary/aromatic N) is 1. The number of carboxylic acid groups (broad SMARTS) is 1. The van der Waals surface area contributed by atoms with Crippen molar-refractivity contribution in [3.63, 3.8) is 0 Å². The molecule has 0 aliphatic carbocycles. The van der Waals surface area contributed by atoms with Crippen molar-refractivity contribution in [2.24, 2.45) is 0 Å².